The van der Waals surface area contributed by atoms with E-state index in [9.17, 15) is 13.2 Å². The van der Waals surface area contributed by atoms with Gasteiger partial charge in [-0.05, 0) is 43.2 Å². The summed E-state index contributed by atoms with van der Waals surface area (Å²) in [6, 6.07) is 13.6. The van der Waals surface area contributed by atoms with E-state index >= 15 is 0 Å². The number of carbonyl (C=O) groups excluding carboxylic acids is 1. The molecule has 2 aromatic rings. The van der Waals surface area contributed by atoms with Crippen molar-refractivity contribution >= 4 is 21.6 Å². The molecule has 1 heterocycles. The first kappa shape index (κ1) is 19.3. The van der Waals surface area contributed by atoms with Gasteiger partial charge in [0, 0.05) is 25.3 Å². The quantitative estimate of drug-likeness (QED) is 0.631. The lowest BCUT2D eigenvalue weighted by Crippen LogP contribution is -2.38. The minimum atomic E-state index is -3.59. The third-order valence-corrected chi connectivity index (χ3v) is 5.69. The highest BCUT2D eigenvalue weighted by Crippen LogP contribution is 2.30. The minimum absolute atomic E-state index is 0.166. The van der Waals surface area contributed by atoms with Crippen molar-refractivity contribution in [3.05, 3.63) is 59.7 Å². The molecule has 3 rings (SSSR count). The highest BCUT2D eigenvalue weighted by Gasteiger charge is 2.29. The van der Waals surface area contributed by atoms with Gasteiger partial charge in [0.1, 0.15) is 11.1 Å². The smallest absolute Gasteiger partial charge is 0.251 e. The second-order valence-electron chi connectivity index (χ2n) is 6.12. The number of anilines is 1. The van der Waals surface area contributed by atoms with Gasteiger partial charge in [-0.2, -0.15) is 4.72 Å². The van der Waals surface area contributed by atoms with E-state index in [-0.39, 0.29) is 10.8 Å². The second kappa shape index (κ2) is 8.51. The van der Waals surface area contributed by atoms with E-state index in [0.29, 0.717) is 31.0 Å². The van der Waals surface area contributed by atoms with Crippen LogP contribution in [0.5, 0.6) is 0 Å². The van der Waals surface area contributed by atoms with E-state index in [1.807, 2.05) is 6.92 Å². The van der Waals surface area contributed by atoms with E-state index in [1.165, 1.54) is 0 Å². The number of fused-ring (bicyclic) bond motifs is 1. The number of amides is 1. The summed E-state index contributed by atoms with van der Waals surface area (Å²) >= 11 is 0. The summed E-state index contributed by atoms with van der Waals surface area (Å²) in [5, 5.41) is 6.00. The summed E-state index contributed by atoms with van der Waals surface area (Å²) in [5.41, 5.74) is 1.80. The van der Waals surface area contributed by atoms with Gasteiger partial charge in [0.15, 0.2) is 0 Å². The van der Waals surface area contributed by atoms with Gasteiger partial charge in [-0.1, -0.05) is 24.3 Å². The highest BCUT2D eigenvalue weighted by atomic mass is 32.2. The molecule has 8 heteroatoms. The third-order valence-electron chi connectivity index (χ3n) is 4.21. The van der Waals surface area contributed by atoms with Crippen LogP contribution in [0.2, 0.25) is 0 Å². The van der Waals surface area contributed by atoms with Crippen molar-refractivity contribution in [1.82, 2.24) is 10.0 Å². The van der Waals surface area contributed by atoms with Crippen molar-refractivity contribution in [2.45, 2.75) is 24.4 Å². The molecule has 0 radical (unpaired) electrons. The molecule has 0 aliphatic carbocycles. The van der Waals surface area contributed by atoms with Crippen LogP contribution in [0.25, 0.3) is 0 Å². The van der Waals surface area contributed by atoms with Gasteiger partial charge in [0.2, 0.25) is 10.0 Å². The lowest BCUT2D eigenvalue weighted by Gasteiger charge is -2.28. The average Bonchev–Trinajstić information content (AvgIpc) is 2.67. The van der Waals surface area contributed by atoms with Gasteiger partial charge in [-0.25, -0.2) is 8.42 Å². The summed E-state index contributed by atoms with van der Waals surface area (Å²) < 4.78 is 32.6. The standard InChI is InChI=1S/C19H23N3O4S/c1-2-26-13-5-12-20-19(23)15-10-8-14(9-11-15)18-21-16-6-3-4-7-17(16)27(24,25)22-18/h3-4,6-11,18,21-22H,2,5,12-13H2,1H3,(H,20,23). The molecule has 7 nitrogen and oxygen atoms in total. The zero-order chi connectivity index (χ0) is 19.3. The maximum Gasteiger partial charge on any atom is 0.251 e. The van der Waals surface area contributed by atoms with Crippen LogP contribution >= 0.6 is 0 Å². The van der Waals surface area contributed by atoms with Crippen molar-refractivity contribution in [2.24, 2.45) is 0 Å². The fraction of sp³-hybridized carbons (Fsp3) is 0.316. The van der Waals surface area contributed by atoms with Crippen LogP contribution in [-0.4, -0.2) is 34.1 Å². The molecule has 144 valence electrons. The van der Waals surface area contributed by atoms with Gasteiger partial charge >= 0.3 is 0 Å². The number of ether oxygens (including phenoxy) is 1. The fourth-order valence-electron chi connectivity index (χ4n) is 2.82. The Balaban J connectivity index is 1.65. The molecule has 0 spiro atoms. The number of para-hydroxylation sites is 1. The predicted octanol–water partition coefficient (Wildman–Crippen LogP) is 2.25. The maximum absolute atomic E-state index is 12.4. The van der Waals surface area contributed by atoms with Crippen LogP contribution in [0.15, 0.2) is 53.4 Å². The molecule has 0 bridgehead atoms. The molecular formula is C19H23N3O4S. The van der Waals surface area contributed by atoms with E-state index < -0.39 is 16.2 Å². The Hall–Kier alpha value is -2.42. The molecule has 1 unspecified atom stereocenters. The van der Waals surface area contributed by atoms with Gasteiger partial charge in [0.05, 0.1) is 5.69 Å². The number of rotatable bonds is 7. The van der Waals surface area contributed by atoms with Gasteiger partial charge in [0.25, 0.3) is 5.91 Å². The second-order valence-corrected chi connectivity index (χ2v) is 7.81. The summed E-state index contributed by atoms with van der Waals surface area (Å²) in [6.45, 7) is 3.75. The maximum atomic E-state index is 12.4. The Labute approximate surface area is 159 Å². The van der Waals surface area contributed by atoms with Crippen LogP contribution in [0.1, 0.15) is 35.4 Å². The molecule has 1 amide bonds. The summed E-state index contributed by atoms with van der Waals surface area (Å²) in [7, 11) is -3.59. The van der Waals surface area contributed by atoms with Gasteiger partial charge < -0.3 is 15.4 Å². The lowest BCUT2D eigenvalue weighted by atomic mass is 10.1. The molecule has 0 saturated carbocycles. The number of benzene rings is 2. The van der Waals surface area contributed by atoms with Crippen LogP contribution in [0.4, 0.5) is 5.69 Å². The van der Waals surface area contributed by atoms with Crippen LogP contribution in [-0.2, 0) is 14.8 Å². The average molecular weight is 389 g/mol. The van der Waals surface area contributed by atoms with Crippen molar-refractivity contribution in [3.63, 3.8) is 0 Å². The Bertz CT molecular complexity index is 897. The van der Waals surface area contributed by atoms with E-state index in [0.717, 1.165) is 12.0 Å². The summed E-state index contributed by atoms with van der Waals surface area (Å²) in [5.74, 6) is -0.166. The van der Waals surface area contributed by atoms with Crippen molar-refractivity contribution in [1.29, 1.82) is 0 Å². The molecule has 1 atom stereocenters. The van der Waals surface area contributed by atoms with Crippen LogP contribution < -0.4 is 15.4 Å². The topological polar surface area (TPSA) is 96.5 Å². The number of carbonyl (C=O) groups is 1. The third kappa shape index (κ3) is 4.65. The zero-order valence-electron chi connectivity index (χ0n) is 15.1. The number of sulfonamides is 1. The Morgan fingerprint density at radius 3 is 2.63 bits per heavy atom. The molecule has 0 aromatic heterocycles. The molecule has 0 saturated heterocycles. The Morgan fingerprint density at radius 2 is 1.89 bits per heavy atom. The highest BCUT2D eigenvalue weighted by molar-refractivity contribution is 7.89. The van der Waals surface area contributed by atoms with Crippen LogP contribution in [0.3, 0.4) is 0 Å². The molecule has 27 heavy (non-hydrogen) atoms. The predicted molar refractivity (Wildman–Crippen MR) is 103 cm³/mol. The van der Waals surface area contributed by atoms with Gasteiger partial charge in [-0.15, -0.1) is 0 Å². The molecule has 0 fully saturated rings. The minimum Gasteiger partial charge on any atom is -0.382 e. The first-order valence-corrected chi connectivity index (χ1v) is 10.3. The van der Waals surface area contributed by atoms with E-state index in [4.69, 9.17) is 4.74 Å². The van der Waals surface area contributed by atoms with Crippen molar-refractivity contribution < 1.29 is 17.9 Å². The molecule has 2 aromatic carbocycles. The summed E-state index contributed by atoms with van der Waals surface area (Å²) in [6.07, 6.45) is 0.165. The van der Waals surface area contributed by atoms with Crippen molar-refractivity contribution in [2.75, 3.05) is 25.1 Å². The fourth-order valence-corrected chi connectivity index (χ4v) is 4.13. The van der Waals surface area contributed by atoms with Crippen LogP contribution in [0, 0.1) is 0 Å². The Kier molecular flexibility index (Phi) is 6.10. The number of hydrogen-bond acceptors (Lipinski definition) is 5. The molecule has 1 aliphatic heterocycles. The largest absolute Gasteiger partial charge is 0.382 e. The molecule has 3 N–H and O–H groups in total. The normalized spacial score (nSPS) is 17.6. The van der Waals surface area contributed by atoms with E-state index in [2.05, 4.69) is 15.4 Å². The molecular weight excluding hydrogens is 366 g/mol. The number of nitrogens with one attached hydrogen (secondary N) is 3. The Morgan fingerprint density at radius 1 is 1.15 bits per heavy atom. The lowest BCUT2D eigenvalue weighted by molar-refractivity contribution is 0.0944. The first-order valence-electron chi connectivity index (χ1n) is 8.85. The summed E-state index contributed by atoms with van der Waals surface area (Å²) in [4.78, 5) is 12.4. The zero-order valence-corrected chi connectivity index (χ0v) is 15.9. The van der Waals surface area contributed by atoms with Crippen molar-refractivity contribution in [3.8, 4) is 0 Å². The monoisotopic (exact) mass is 389 g/mol. The number of hydrogen-bond donors (Lipinski definition) is 3. The first-order chi connectivity index (χ1) is 13.0. The SMILES string of the molecule is CCOCCCNC(=O)c1ccc(C2Nc3ccccc3S(=O)(=O)N2)cc1. The van der Waals surface area contributed by atoms with Gasteiger partial charge in [-0.3, -0.25) is 4.79 Å². The van der Waals surface area contributed by atoms with E-state index in [1.54, 1.807) is 48.5 Å². The molecule has 1 aliphatic rings.